The predicted octanol–water partition coefficient (Wildman–Crippen LogP) is 4.65. The van der Waals surface area contributed by atoms with Crippen LogP contribution in [-0.2, 0) is 4.79 Å². The third-order valence-electron chi connectivity index (χ3n) is 4.83. The number of benzene rings is 1. The number of hydrogen-bond acceptors (Lipinski definition) is 5. The quantitative estimate of drug-likeness (QED) is 0.638. The Kier molecular flexibility index (Phi) is 5.55. The Morgan fingerprint density at radius 3 is 2.90 bits per heavy atom. The Morgan fingerprint density at radius 1 is 1.34 bits per heavy atom. The summed E-state index contributed by atoms with van der Waals surface area (Å²) in [5, 5.41) is 10.9. The number of thiophene rings is 1. The van der Waals surface area contributed by atoms with E-state index >= 15 is 0 Å². The number of hydrogen-bond donors (Lipinski definition) is 1. The van der Waals surface area contributed by atoms with Gasteiger partial charge in [-0.05, 0) is 36.6 Å². The number of hydrazone groups is 1. The van der Waals surface area contributed by atoms with Crippen molar-refractivity contribution >= 4 is 23.0 Å². The second kappa shape index (κ2) is 8.26. The summed E-state index contributed by atoms with van der Waals surface area (Å²) >= 11 is 1.56. The first kappa shape index (κ1) is 19.5. The first-order valence-corrected chi connectivity index (χ1v) is 10.1. The number of carbonyl (C=O) groups is 1. The van der Waals surface area contributed by atoms with Gasteiger partial charge in [0.25, 0.3) is 5.91 Å². The lowest BCUT2D eigenvalue weighted by Crippen LogP contribution is -2.36. The fourth-order valence-electron chi connectivity index (χ4n) is 3.32. The summed E-state index contributed by atoms with van der Waals surface area (Å²) in [5.41, 5.74) is 1.01. The lowest BCUT2D eigenvalue weighted by Gasteiger charge is -2.22. The van der Waals surface area contributed by atoms with E-state index in [1.54, 1.807) is 30.6 Å². The molecular weight excluding hydrogens is 396 g/mol. The zero-order valence-corrected chi connectivity index (χ0v) is 16.5. The van der Waals surface area contributed by atoms with E-state index in [-0.39, 0.29) is 18.5 Å². The zero-order valence-electron chi connectivity index (χ0n) is 15.6. The lowest BCUT2D eigenvalue weighted by atomic mass is 10.1. The van der Waals surface area contributed by atoms with Crippen molar-refractivity contribution in [1.82, 2.24) is 10.3 Å². The molecule has 1 aromatic carbocycles. The van der Waals surface area contributed by atoms with Gasteiger partial charge in [-0.3, -0.25) is 4.79 Å². The summed E-state index contributed by atoms with van der Waals surface area (Å²) in [6.45, 7) is 1.69. The fraction of sp³-hybridized carbons (Fsp3) is 0.238. The molecule has 2 atom stereocenters. The Labute approximate surface area is 170 Å². The minimum atomic E-state index is -0.645. The van der Waals surface area contributed by atoms with Gasteiger partial charge in [0, 0.05) is 29.0 Å². The number of halogens is 2. The largest absolute Gasteiger partial charge is 0.463 e. The summed E-state index contributed by atoms with van der Waals surface area (Å²) in [6.07, 6.45) is 2.13. The van der Waals surface area contributed by atoms with Gasteiger partial charge in [0.15, 0.2) is 0 Å². The maximum absolute atomic E-state index is 14.0. The van der Waals surface area contributed by atoms with Crippen molar-refractivity contribution < 1.29 is 18.0 Å². The summed E-state index contributed by atoms with van der Waals surface area (Å²) in [6, 6.07) is 10.3. The Morgan fingerprint density at radius 2 is 2.21 bits per heavy atom. The number of furan rings is 1. The number of nitrogens with zero attached hydrogens (tertiary/aromatic N) is 2. The van der Waals surface area contributed by atoms with E-state index in [1.807, 2.05) is 23.6 Å². The van der Waals surface area contributed by atoms with Crippen LogP contribution in [0.5, 0.6) is 0 Å². The molecule has 0 fully saturated rings. The van der Waals surface area contributed by atoms with Crippen molar-refractivity contribution in [2.45, 2.75) is 25.4 Å². The van der Waals surface area contributed by atoms with Crippen molar-refractivity contribution in [3.8, 4) is 0 Å². The topological polar surface area (TPSA) is 57.8 Å². The van der Waals surface area contributed by atoms with Gasteiger partial charge in [-0.15, -0.1) is 11.3 Å². The van der Waals surface area contributed by atoms with E-state index in [2.05, 4.69) is 10.4 Å². The first-order valence-electron chi connectivity index (χ1n) is 9.18. The van der Waals surface area contributed by atoms with E-state index < -0.39 is 17.7 Å². The molecule has 1 aliphatic rings. The van der Waals surface area contributed by atoms with Crippen LogP contribution in [0.3, 0.4) is 0 Å². The Hall–Kier alpha value is -2.84. The molecule has 1 N–H and O–H groups in total. The molecule has 0 bridgehead atoms. The van der Waals surface area contributed by atoms with Crippen LogP contribution in [0, 0.1) is 11.6 Å². The van der Waals surface area contributed by atoms with Gasteiger partial charge in [-0.1, -0.05) is 12.1 Å². The van der Waals surface area contributed by atoms with Gasteiger partial charge in [0.05, 0.1) is 18.8 Å². The number of amides is 1. The highest BCUT2D eigenvalue weighted by molar-refractivity contribution is 7.10. The fourth-order valence-corrected chi connectivity index (χ4v) is 4.13. The van der Waals surface area contributed by atoms with Crippen LogP contribution in [0.2, 0.25) is 0 Å². The molecule has 0 aliphatic carbocycles. The molecule has 3 heterocycles. The first-order chi connectivity index (χ1) is 14.0. The highest BCUT2D eigenvalue weighted by Gasteiger charge is 2.34. The van der Waals surface area contributed by atoms with Crippen LogP contribution in [0.25, 0.3) is 0 Å². The van der Waals surface area contributed by atoms with Gasteiger partial charge < -0.3 is 9.73 Å². The minimum absolute atomic E-state index is 0.0329. The summed E-state index contributed by atoms with van der Waals surface area (Å²) < 4.78 is 32.5. The molecule has 5 nitrogen and oxygen atoms in total. The SMILES string of the molecule is CC(NCC(=O)N1N=C(c2ccco2)CC1c1cccs1)c1ccc(F)cc1F. The summed E-state index contributed by atoms with van der Waals surface area (Å²) in [7, 11) is 0. The average molecular weight is 415 g/mol. The zero-order chi connectivity index (χ0) is 20.4. The van der Waals surface area contributed by atoms with Gasteiger partial charge in [0.1, 0.15) is 23.1 Å². The molecule has 1 amide bonds. The van der Waals surface area contributed by atoms with Crippen LogP contribution in [0.15, 0.2) is 63.6 Å². The molecule has 0 spiro atoms. The van der Waals surface area contributed by atoms with Crippen molar-refractivity contribution in [3.05, 3.63) is 81.9 Å². The monoisotopic (exact) mass is 415 g/mol. The predicted molar refractivity (Wildman–Crippen MR) is 107 cm³/mol. The standard InChI is InChI=1S/C21H19F2N3O2S/c1-13(15-7-6-14(22)10-16(15)23)24-12-21(27)26-18(20-5-3-9-29-20)11-17(25-26)19-4-2-8-28-19/h2-10,13,18,24H,11-12H2,1H3. The summed E-state index contributed by atoms with van der Waals surface area (Å²) in [4.78, 5) is 13.9. The molecule has 0 saturated carbocycles. The van der Waals surface area contributed by atoms with Crippen LogP contribution >= 0.6 is 11.3 Å². The van der Waals surface area contributed by atoms with Crippen molar-refractivity contribution in [1.29, 1.82) is 0 Å². The van der Waals surface area contributed by atoms with E-state index in [0.29, 0.717) is 23.5 Å². The van der Waals surface area contributed by atoms with Gasteiger partial charge in [-0.2, -0.15) is 5.10 Å². The van der Waals surface area contributed by atoms with E-state index in [0.717, 1.165) is 10.9 Å². The molecule has 2 unspecified atom stereocenters. The second-order valence-corrected chi connectivity index (χ2v) is 7.75. The molecule has 1 aliphatic heterocycles. The van der Waals surface area contributed by atoms with E-state index in [4.69, 9.17) is 4.42 Å². The van der Waals surface area contributed by atoms with Gasteiger partial charge in [0.2, 0.25) is 0 Å². The second-order valence-electron chi connectivity index (χ2n) is 6.77. The number of rotatable bonds is 6. The van der Waals surface area contributed by atoms with Crippen LogP contribution in [0.1, 0.15) is 41.6 Å². The molecule has 3 aromatic rings. The lowest BCUT2D eigenvalue weighted by molar-refractivity contribution is -0.132. The van der Waals surface area contributed by atoms with E-state index in [1.165, 1.54) is 17.1 Å². The maximum Gasteiger partial charge on any atom is 0.257 e. The van der Waals surface area contributed by atoms with Crippen LogP contribution < -0.4 is 5.32 Å². The van der Waals surface area contributed by atoms with Crippen LogP contribution in [-0.4, -0.2) is 23.2 Å². The van der Waals surface area contributed by atoms with Crippen molar-refractivity contribution in [2.75, 3.05) is 6.54 Å². The Balaban J connectivity index is 1.49. The van der Waals surface area contributed by atoms with Gasteiger partial charge >= 0.3 is 0 Å². The Bertz CT molecular complexity index is 1020. The molecular formula is C21H19F2N3O2S. The molecule has 0 radical (unpaired) electrons. The molecule has 8 heteroatoms. The normalized spacial score (nSPS) is 17.4. The van der Waals surface area contributed by atoms with Crippen molar-refractivity contribution in [3.63, 3.8) is 0 Å². The molecule has 0 saturated heterocycles. The number of nitrogens with one attached hydrogen (secondary N) is 1. The third-order valence-corrected chi connectivity index (χ3v) is 5.81. The molecule has 4 rings (SSSR count). The van der Waals surface area contributed by atoms with Gasteiger partial charge in [-0.25, -0.2) is 13.8 Å². The molecule has 2 aromatic heterocycles. The third kappa shape index (κ3) is 4.13. The van der Waals surface area contributed by atoms with E-state index in [9.17, 15) is 13.6 Å². The number of carbonyl (C=O) groups excluding carboxylic acids is 1. The smallest absolute Gasteiger partial charge is 0.257 e. The molecule has 150 valence electrons. The highest BCUT2D eigenvalue weighted by atomic mass is 32.1. The summed E-state index contributed by atoms with van der Waals surface area (Å²) in [5.74, 6) is -0.880. The van der Waals surface area contributed by atoms with Crippen molar-refractivity contribution in [2.24, 2.45) is 5.10 Å². The maximum atomic E-state index is 14.0. The van der Waals surface area contributed by atoms with Crippen LogP contribution in [0.4, 0.5) is 8.78 Å². The highest BCUT2D eigenvalue weighted by Crippen LogP contribution is 2.35. The minimum Gasteiger partial charge on any atom is -0.463 e. The average Bonchev–Trinajstić information content (AvgIpc) is 3.46. The molecule has 29 heavy (non-hydrogen) atoms.